The lowest BCUT2D eigenvalue weighted by molar-refractivity contribution is -0.116. The Hall–Kier alpha value is -1.84. The molecule has 3 rings (SSSR count). The highest BCUT2D eigenvalue weighted by molar-refractivity contribution is 6.37. The van der Waals surface area contributed by atoms with Gasteiger partial charge in [0.1, 0.15) is 6.54 Å². The summed E-state index contributed by atoms with van der Waals surface area (Å²) in [6.45, 7) is 2.02. The number of carbonyl (C=O) groups excluding carboxylic acids is 1. The molecule has 2 aromatic carbocycles. The van der Waals surface area contributed by atoms with Gasteiger partial charge in [0.2, 0.25) is 5.91 Å². The van der Waals surface area contributed by atoms with Gasteiger partial charge in [-0.3, -0.25) is 9.79 Å². The molecule has 0 spiro atoms. The predicted octanol–water partition coefficient (Wildman–Crippen LogP) is 4.12. The normalized spacial score (nSPS) is 14.5. The third kappa shape index (κ3) is 2.51. The quantitative estimate of drug-likeness (QED) is 0.773. The van der Waals surface area contributed by atoms with Gasteiger partial charge in [-0.1, -0.05) is 41.4 Å². The minimum Gasteiger partial charge on any atom is -0.313 e. The highest BCUT2D eigenvalue weighted by Crippen LogP contribution is 2.33. The van der Waals surface area contributed by atoms with Gasteiger partial charge in [0, 0.05) is 28.2 Å². The minimum absolute atomic E-state index is 0.0614. The second-order valence-corrected chi connectivity index (χ2v) is 6.06. The molecule has 1 heterocycles. The lowest BCUT2D eigenvalue weighted by atomic mass is 9.97. The number of nitrogens with zero attached hydrogens (tertiary/aromatic N) is 2. The summed E-state index contributed by atoms with van der Waals surface area (Å²) in [7, 11) is 1.76. The molecule has 0 aliphatic carbocycles. The zero-order valence-electron chi connectivity index (χ0n) is 12.2. The first-order chi connectivity index (χ1) is 10.5. The number of benzodiazepines with no additional fused rings is 1. The Balaban J connectivity index is 2.32. The van der Waals surface area contributed by atoms with E-state index in [-0.39, 0.29) is 12.5 Å². The first-order valence-electron chi connectivity index (χ1n) is 6.85. The van der Waals surface area contributed by atoms with Crippen LogP contribution in [0.4, 0.5) is 5.69 Å². The van der Waals surface area contributed by atoms with Crippen molar-refractivity contribution >= 4 is 40.5 Å². The molecule has 1 aliphatic rings. The number of fused-ring (bicyclic) bond motifs is 1. The third-order valence-electron chi connectivity index (χ3n) is 3.73. The van der Waals surface area contributed by atoms with Crippen molar-refractivity contribution in [2.24, 2.45) is 4.99 Å². The molecular formula is C17H14Cl2N2O. The van der Waals surface area contributed by atoms with Crippen molar-refractivity contribution in [1.82, 2.24) is 0 Å². The topological polar surface area (TPSA) is 32.7 Å². The summed E-state index contributed by atoms with van der Waals surface area (Å²) in [6, 6.07) is 11.2. The molecule has 0 saturated heterocycles. The largest absolute Gasteiger partial charge is 0.313 e. The summed E-state index contributed by atoms with van der Waals surface area (Å²) in [4.78, 5) is 18.4. The Morgan fingerprint density at radius 2 is 1.86 bits per heavy atom. The molecule has 1 aliphatic heterocycles. The number of halogens is 2. The predicted molar refractivity (Wildman–Crippen MR) is 91.6 cm³/mol. The molecule has 0 saturated carbocycles. The number of hydrogen-bond donors (Lipinski definition) is 0. The molecular weight excluding hydrogens is 319 g/mol. The van der Waals surface area contributed by atoms with E-state index < -0.39 is 0 Å². The van der Waals surface area contributed by atoms with Gasteiger partial charge in [-0.25, -0.2) is 0 Å². The van der Waals surface area contributed by atoms with E-state index in [9.17, 15) is 4.79 Å². The number of rotatable bonds is 1. The Labute approximate surface area is 139 Å². The first-order valence-corrected chi connectivity index (χ1v) is 7.61. The van der Waals surface area contributed by atoms with Crippen LogP contribution in [-0.4, -0.2) is 25.2 Å². The average molecular weight is 333 g/mol. The van der Waals surface area contributed by atoms with Crippen LogP contribution in [0, 0.1) is 6.92 Å². The van der Waals surface area contributed by atoms with Crippen molar-refractivity contribution in [1.29, 1.82) is 0 Å². The fraction of sp³-hybridized carbons (Fsp3) is 0.176. The van der Waals surface area contributed by atoms with Gasteiger partial charge in [-0.15, -0.1) is 0 Å². The maximum atomic E-state index is 12.2. The fourth-order valence-corrected chi connectivity index (χ4v) is 3.21. The summed E-state index contributed by atoms with van der Waals surface area (Å²) in [5.74, 6) is -0.0614. The Morgan fingerprint density at radius 3 is 2.59 bits per heavy atom. The third-order valence-corrected chi connectivity index (χ3v) is 4.28. The molecule has 0 radical (unpaired) electrons. The molecule has 1 amide bonds. The monoisotopic (exact) mass is 332 g/mol. The van der Waals surface area contributed by atoms with Crippen molar-refractivity contribution in [3.05, 3.63) is 63.1 Å². The Morgan fingerprint density at radius 1 is 1.14 bits per heavy atom. The molecule has 0 fully saturated rings. The lowest BCUT2D eigenvalue weighted by Gasteiger charge is -2.21. The van der Waals surface area contributed by atoms with Crippen molar-refractivity contribution in [2.45, 2.75) is 6.92 Å². The highest BCUT2D eigenvalue weighted by Gasteiger charge is 2.25. The van der Waals surface area contributed by atoms with E-state index >= 15 is 0 Å². The van der Waals surface area contributed by atoms with Crippen molar-refractivity contribution in [3.8, 4) is 0 Å². The summed E-state index contributed by atoms with van der Waals surface area (Å²) in [5.41, 5.74) is 4.08. The van der Waals surface area contributed by atoms with Crippen LogP contribution in [-0.2, 0) is 4.79 Å². The molecule has 2 aromatic rings. The summed E-state index contributed by atoms with van der Waals surface area (Å²) in [6.07, 6.45) is 0. The van der Waals surface area contributed by atoms with Crippen LogP contribution in [0.3, 0.4) is 0 Å². The van der Waals surface area contributed by atoms with Crippen LogP contribution in [0.2, 0.25) is 10.0 Å². The van der Waals surface area contributed by atoms with Crippen LogP contribution in [0.25, 0.3) is 0 Å². The van der Waals surface area contributed by atoms with Crippen LogP contribution >= 0.6 is 23.2 Å². The zero-order chi connectivity index (χ0) is 15.9. The zero-order valence-corrected chi connectivity index (χ0v) is 13.7. The summed E-state index contributed by atoms with van der Waals surface area (Å²) < 4.78 is 0. The second kappa shape index (κ2) is 5.75. The molecule has 5 heteroatoms. The molecule has 0 unspecified atom stereocenters. The van der Waals surface area contributed by atoms with Crippen molar-refractivity contribution in [2.75, 3.05) is 18.5 Å². The molecule has 22 heavy (non-hydrogen) atoms. The lowest BCUT2D eigenvalue weighted by Crippen LogP contribution is -2.28. The maximum absolute atomic E-state index is 12.2. The summed E-state index contributed by atoms with van der Waals surface area (Å²) >= 11 is 12.5. The molecule has 0 N–H and O–H groups in total. The van der Waals surface area contributed by atoms with Crippen LogP contribution in [0.1, 0.15) is 16.7 Å². The first kappa shape index (κ1) is 15.1. The van der Waals surface area contributed by atoms with Gasteiger partial charge in [0.15, 0.2) is 0 Å². The molecule has 0 bridgehead atoms. The second-order valence-electron chi connectivity index (χ2n) is 5.22. The molecule has 3 nitrogen and oxygen atoms in total. The Bertz CT molecular complexity index is 799. The average Bonchev–Trinajstić information content (AvgIpc) is 2.58. The highest BCUT2D eigenvalue weighted by atomic mass is 35.5. The van der Waals surface area contributed by atoms with E-state index in [0.29, 0.717) is 15.8 Å². The number of aliphatic imine (C=N–C) groups is 1. The molecule has 0 atom stereocenters. The standard InChI is InChI=1S/C17H14Cl2N2O/c1-10-7-11(18)8-13-16(12-5-3-4-6-14(12)19)20-9-15(22)21(2)17(10)13/h3-8H,9H2,1-2H3. The fourth-order valence-electron chi connectivity index (χ4n) is 2.71. The van der Waals surface area contributed by atoms with Gasteiger partial charge < -0.3 is 4.90 Å². The van der Waals surface area contributed by atoms with E-state index in [2.05, 4.69) is 4.99 Å². The van der Waals surface area contributed by atoms with Gasteiger partial charge in [-0.05, 0) is 30.7 Å². The number of hydrogen-bond acceptors (Lipinski definition) is 2. The van der Waals surface area contributed by atoms with Gasteiger partial charge in [0.25, 0.3) is 0 Å². The summed E-state index contributed by atoms with van der Waals surface area (Å²) in [5, 5.41) is 1.21. The molecule has 0 aromatic heterocycles. The number of amides is 1. The molecule has 112 valence electrons. The van der Waals surface area contributed by atoms with Crippen LogP contribution in [0.15, 0.2) is 41.4 Å². The van der Waals surface area contributed by atoms with E-state index in [1.54, 1.807) is 11.9 Å². The van der Waals surface area contributed by atoms with Crippen LogP contribution in [0.5, 0.6) is 0 Å². The maximum Gasteiger partial charge on any atom is 0.248 e. The van der Waals surface area contributed by atoms with Gasteiger partial charge in [-0.2, -0.15) is 0 Å². The van der Waals surface area contributed by atoms with E-state index in [1.165, 1.54) is 0 Å². The number of benzene rings is 2. The van der Waals surface area contributed by atoms with Crippen molar-refractivity contribution < 1.29 is 4.79 Å². The number of aryl methyl sites for hydroxylation is 1. The number of carbonyl (C=O) groups is 1. The van der Waals surface area contributed by atoms with Crippen LogP contribution < -0.4 is 4.90 Å². The number of anilines is 1. The van der Waals surface area contributed by atoms with E-state index in [0.717, 1.165) is 22.4 Å². The van der Waals surface area contributed by atoms with E-state index in [4.69, 9.17) is 23.2 Å². The van der Waals surface area contributed by atoms with Gasteiger partial charge in [0.05, 0.1) is 11.4 Å². The Kier molecular flexibility index (Phi) is 3.94. The van der Waals surface area contributed by atoms with Gasteiger partial charge >= 0.3 is 0 Å². The number of likely N-dealkylation sites (N-methyl/N-ethyl adjacent to an activating group) is 1. The smallest absolute Gasteiger partial charge is 0.248 e. The SMILES string of the molecule is Cc1cc(Cl)cc2c1N(C)C(=O)CN=C2c1ccccc1Cl. The van der Waals surface area contributed by atoms with Crippen molar-refractivity contribution in [3.63, 3.8) is 0 Å². The van der Waals surface area contributed by atoms with E-state index in [1.807, 2.05) is 43.3 Å². The minimum atomic E-state index is -0.0614.